The van der Waals surface area contributed by atoms with Crippen LogP contribution in [0.3, 0.4) is 0 Å². The molecule has 2 saturated heterocycles. The smallest absolute Gasteiger partial charge is 0.161 e. The summed E-state index contributed by atoms with van der Waals surface area (Å²) < 4.78 is 11.0. The van der Waals surface area contributed by atoms with E-state index in [0.29, 0.717) is 12.6 Å². The summed E-state index contributed by atoms with van der Waals surface area (Å²) in [4.78, 5) is 0. The van der Waals surface area contributed by atoms with E-state index in [1.165, 1.54) is 5.56 Å². The van der Waals surface area contributed by atoms with Crippen LogP contribution in [-0.2, 0) is 0 Å². The van der Waals surface area contributed by atoms with Crippen molar-refractivity contribution in [2.45, 2.75) is 30.1 Å². The molecule has 1 aromatic carbocycles. The van der Waals surface area contributed by atoms with E-state index in [1.807, 2.05) is 36.5 Å². The average molecular weight is 372 g/mol. The monoisotopic (exact) mass is 371 g/mol. The Morgan fingerprint density at radius 2 is 2.17 bits per heavy atom. The number of rotatable bonds is 7. The fraction of sp³-hybridized carbons (Fsp3) is 0.600. The van der Waals surface area contributed by atoms with E-state index in [4.69, 9.17) is 15.2 Å². The SMILES string of the molecule is CCOc1ccc(C2NC(CSC3NNC(N)N3)CS2)cc1OC. The van der Waals surface area contributed by atoms with Crippen molar-refractivity contribution in [3.63, 3.8) is 0 Å². The first kappa shape index (κ1) is 18.1. The third-order valence-corrected chi connectivity index (χ3v) is 6.32. The summed E-state index contributed by atoms with van der Waals surface area (Å²) in [5.41, 5.74) is 13.2. The molecule has 7 nitrogen and oxygen atoms in total. The van der Waals surface area contributed by atoms with Crippen molar-refractivity contribution in [3.8, 4) is 11.5 Å². The van der Waals surface area contributed by atoms with Gasteiger partial charge in [-0.05, 0) is 24.6 Å². The van der Waals surface area contributed by atoms with Crippen LogP contribution in [0.25, 0.3) is 0 Å². The number of hydrogen-bond acceptors (Lipinski definition) is 9. The van der Waals surface area contributed by atoms with Crippen molar-refractivity contribution >= 4 is 23.5 Å². The van der Waals surface area contributed by atoms with E-state index in [-0.39, 0.29) is 17.2 Å². The predicted octanol–water partition coefficient (Wildman–Crippen LogP) is 0.754. The Labute approximate surface area is 151 Å². The molecule has 0 amide bonds. The summed E-state index contributed by atoms with van der Waals surface area (Å²) in [5.74, 6) is 3.67. The van der Waals surface area contributed by atoms with Crippen molar-refractivity contribution in [2.24, 2.45) is 5.73 Å². The number of benzene rings is 1. The summed E-state index contributed by atoms with van der Waals surface area (Å²) >= 11 is 3.74. The number of thioether (sulfide) groups is 2. The van der Waals surface area contributed by atoms with Crippen molar-refractivity contribution in [1.29, 1.82) is 0 Å². The Balaban J connectivity index is 1.53. The second-order valence-electron chi connectivity index (χ2n) is 5.57. The Morgan fingerprint density at radius 3 is 2.88 bits per heavy atom. The lowest BCUT2D eigenvalue weighted by molar-refractivity contribution is 0.310. The number of hydrazine groups is 1. The molecule has 2 aliphatic heterocycles. The van der Waals surface area contributed by atoms with E-state index in [2.05, 4.69) is 33.6 Å². The predicted molar refractivity (Wildman–Crippen MR) is 99.9 cm³/mol. The van der Waals surface area contributed by atoms with Gasteiger partial charge in [0.15, 0.2) is 11.5 Å². The molecule has 0 aromatic heterocycles. The van der Waals surface area contributed by atoms with E-state index in [0.717, 1.165) is 23.0 Å². The van der Waals surface area contributed by atoms with Gasteiger partial charge in [0.2, 0.25) is 0 Å². The summed E-state index contributed by atoms with van der Waals surface area (Å²) in [6.45, 7) is 2.60. The van der Waals surface area contributed by atoms with Crippen LogP contribution >= 0.6 is 23.5 Å². The van der Waals surface area contributed by atoms with Gasteiger partial charge in [-0.15, -0.1) is 23.5 Å². The molecular formula is C15H25N5O2S2. The maximum absolute atomic E-state index is 5.73. The molecule has 134 valence electrons. The van der Waals surface area contributed by atoms with Gasteiger partial charge in [0, 0.05) is 17.5 Å². The standard InChI is InChI=1S/C15H25N5O2S2/c1-3-22-11-5-4-9(6-12(11)21-2)13-17-10(7-23-13)8-24-15-18-14(16)19-20-15/h4-6,10,13-15,17-20H,3,7-8,16H2,1-2H3. The minimum atomic E-state index is -0.183. The van der Waals surface area contributed by atoms with Gasteiger partial charge in [-0.1, -0.05) is 6.07 Å². The highest BCUT2D eigenvalue weighted by Gasteiger charge is 2.28. The normalized spacial score (nSPS) is 29.8. The quantitative estimate of drug-likeness (QED) is 0.476. The minimum Gasteiger partial charge on any atom is -0.493 e. The summed E-state index contributed by atoms with van der Waals surface area (Å²) in [6, 6.07) is 6.62. The van der Waals surface area contributed by atoms with Crippen molar-refractivity contribution in [1.82, 2.24) is 21.5 Å². The second-order valence-corrected chi connectivity index (χ2v) is 7.84. The average Bonchev–Trinajstić information content (AvgIpc) is 3.22. The van der Waals surface area contributed by atoms with Crippen LogP contribution in [0.4, 0.5) is 0 Å². The molecule has 2 aliphatic rings. The number of ether oxygens (including phenoxy) is 2. The van der Waals surface area contributed by atoms with Crippen LogP contribution in [0.15, 0.2) is 18.2 Å². The summed E-state index contributed by atoms with van der Waals surface area (Å²) in [6.07, 6.45) is -0.183. The molecule has 9 heteroatoms. The van der Waals surface area contributed by atoms with Gasteiger partial charge in [0.05, 0.1) is 19.1 Å². The molecule has 24 heavy (non-hydrogen) atoms. The molecule has 4 unspecified atom stereocenters. The van der Waals surface area contributed by atoms with Gasteiger partial charge in [-0.2, -0.15) is 0 Å². The van der Waals surface area contributed by atoms with Crippen molar-refractivity contribution in [2.75, 3.05) is 25.2 Å². The molecule has 0 radical (unpaired) electrons. The van der Waals surface area contributed by atoms with Crippen LogP contribution in [0.2, 0.25) is 0 Å². The minimum absolute atomic E-state index is 0.149. The third-order valence-electron chi connectivity index (χ3n) is 3.81. The van der Waals surface area contributed by atoms with E-state index >= 15 is 0 Å². The first-order chi connectivity index (χ1) is 11.7. The lowest BCUT2D eigenvalue weighted by atomic mass is 10.2. The Bertz CT molecular complexity index is 551. The van der Waals surface area contributed by atoms with E-state index < -0.39 is 0 Å². The van der Waals surface area contributed by atoms with Crippen LogP contribution in [0.1, 0.15) is 17.9 Å². The molecule has 2 fully saturated rings. The van der Waals surface area contributed by atoms with Crippen LogP contribution < -0.4 is 36.7 Å². The number of hydrogen-bond donors (Lipinski definition) is 5. The van der Waals surface area contributed by atoms with Gasteiger partial charge >= 0.3 is 0 Å². The molecule has 2 heterocycles. The highest BCUT2D eigenvalue weighted by Crippen LogP contribution is 2.38. The number of methoxy groups -OCH3 is 1. The first-order valence-corrected chi connectivity index (χ1v) is 10.1. The second kappa shape index (κ2) is 8.61. The summed E-state index contributed by atoms with van der Waals surface area (Å²) in [5, 5.41) is 7.17. The zero-order valence-electron chi connectivity index (χ0n) is 13.9. The lowest BCUT2D eigenvalue weighted by Gasteiger charge is -2.17. The molecule has 0 bridgehead atoms. The third kappa shape index (κ3) is 4.48. The van der Waals surface area contributed by atoms with Gasteiger partial charge < -0.3 is 15.2 Å². The maximum Gasteiger partial charge on any atom is 0.161 e. The molecular weight excluding hydrogens is 346 g/mol. The summed E-state index contributed by atoms with van der Waals surface area (Å²) in [7, 11) is 1.68. The molecule has 0 saturated carbocycles. The number of nitrogens with two attached hydrogens (primary N) is 1. The molecule has 4 atom stereocenters. The highest BCUT2D eigenvalue weighted by atomic mass is 32.2. The Hall–Kier alpha value is -0.680. The van der Waals surface area contributed by atoms with Crippen LogP contribution in [-0.4, -0.2) is 43.1 Å². The molecule has 6 N–H and O–H groups in total. The Kier molecular flexibility index (Phi) is 6.50. The van der Waals surface area contributed by atoms with Crippen molar-refractivity contribution < 1.29 is 9.47 Å². The molecule has 1 aromatic rings. The van der Waals surface area contributed by atoms with E-state index in [9.17, 15) is 0 Å². The molecule has 0 spiro atoms. The zero-order chi connectivity index (χ0) is 16.9. The van der Waals surface area contributed by atoms with Gasteiger partial charge in [-0.3, -0.25) is 10.6 Å². The first-order valence-electron chi connectivity index (χ1n) is 8.02. The Morgan fingerprint density at radius 1 is 1.29 bits per heavy atom. The maximum atomic E-state index is 5.73. The fourth-order valence-electron chi connectivity index (χ4n) is 2.65. The topological polar surface area (TPSA) is 92.6 Å². The van der Waals surface area contributed by atoms with Crippen LogP contribution in [0.5, 0.6) is 11.5 Å². The highest BCUT2D eigenvalue weighted by molar-refractivity contribution is 8.00. The number of nitrogens with one attached hydrogen (secondary N) is 4. The van der Waals surface area contributed by atoms with Crippen LogP contribution in [0, 0.1) is 0 Å². The molecule has 0 aliphatic carbocycles. The lowest BCUT2D eigenvalue weighted by Crippen LogP contribution is -2.41. The zero-order valence-corrected chi connectivity index (χ0v) is 15.5. The van der Waals surface area contributed by atoms with Crippen molar-refractivity contribution in [3.05, 3.63) is 23.8 Å². The van der Waals surface area contributed by atoms with Gasteiger partial charge in [0.1, 0.15) is 11.8 Å². The fourth-order valence-corrected chi connectivity index (χ4v) is 5.10. The molecule has 3 rings (SSSR count). The largest absolute Gasteiger partial charge is 0.493 e. The van der Waals surface area contributed by atoms with Gasteiger partial charge in [0.25, 0.3) is 0 Å². The van der Waals surface area contributed by atoms with E-state index in [1.54, 1.807) is 7.11 Å². The van der Waals surface area contributed by atoms with Gasteiger partial charge in [-0.25, -0.2) is 10.9 Å².